The van der Waals surface area contributed by atoms with Crippen molar-refractivity contribution in [3.05, 3.63) is 78.1 Å². The van der Waals surface area contributed by atoms with E-state index in [1.807, 2.05) is 6.07 Å². The van der Waals surface area contributed by atoms with Gasteiger partial charge in [0.2, 0.25) is 0 Å². The molecule has 6 heteroatoms. The van der Waals surface area contributed by atoms with Gasteiger partial charge in [0, 0.05) is 18.5 Å². The Bertz CT molecular complexity index is 836. The van der Waals surface area contributed by atoms with Gasteiger partial charge in [0.25, 0.3) is 5.91 Å². The number of nitrogens with zero attached hydrogens (tertiary/aromatic N) is 2. The van der Waals surface area contributed by atoms with E-state index in [-0.39, 0.29) is 11.3 Å². The number of rotatable bonds is 3. The zero-order valence-corrected chi connectivity index (χ0v) is 11.8. The molecule has 0 aliphatic rings. The van der Waals surface area contributed by atoms with Crippen molar-refractivity contribution in [3.63, 3.8) is 0 Å². The molecular weight excluding hydrogens is 300 g/mol. The van der Waals surface area contributed by atoms with Crippen LogP contribution in [0.1, 0.15) is 10.4 Å². The van der Waals surface area contributed by atoms with Crippen molar-refractivity contribution in [1.82, 2.24) is 9.97 Å². The normalized spacial score (nSPS) is 10.3. The predicted molar refractivity (Wildman–Crippen MR) is 81.8 cm³/mol. The summed E-state index contributed by atoms with van der Waals surface area (Å²) < 4.78 is 26.4. The van der Waals surface area contributed by atoms with Gasteiger partial charge in [-0.15, -0.1) is 0 Å². The Morgan fingerprint density at radius 2 is 1.78 bits per heavy atom. The average Bonchev–Trinajstić information content (AvgIpc) is 2.58. The lowest BCUT2D eigenvalue weighted by Gasteiger charge is -2.07. The van der Waals surface area contributed by atoms with Crippen LogP contribution in [-0.2, 0) is 0 Å². The molecule has 3 aromatic rings. The van der Waals surface area contributed by atoms with Gasteiger partial charge in [-0.1, -0.05) is 6.07 Å². The Balaban J connectivity index is 1.78. The van der Waals surface area contributed by atoms with Crippen LogP contribution in [0.2, 0.25) is 0 Å². The van der Waals surface area contributed by atoms with Crippen LogP contribution in [0.3, 0.4) is 0 Å². The second-order valence-electron chi connectivity index (χ2n) is 4.73. The lowest BCUT2D eigenvalue weighted by atomic mass is 10.2. The molecule has 1 amide bonds. The van der Waals surface area contributed by atoms with E-state index in [1.165, 1.54) is 6.20 Å². The number of anilines is 1. The molecule has 2 aromatic heterocycles. The van der Waals surface area contributed by atoms with E-state index >= 15 is 0 Å². The number of pyridine rings is 2. The molecule has 0 aliphatic carbocycles. The lowest BCUT2D eigenvalue weighted by Crippen LogP contribution is -2.13. The van der Waals surface area contributed by atoms with Crippen LogP contribution >= 0.6 is 0 Å². The van der Waals surface area contributed by atoms with Crippen molar-refractivity contribution in [1.29, 1.82) is 0 Å². The summed E-state index contributed by atoms with van der Waals surface area (Å²) in [7, 11) is 0. The molecule has 1 N–H and O–H groups in total. The average molecular weight is 311 g/mol. The van der Waals surface area contributed by atoms with Gasteiger partial charge in [0.1, 0.15) is 11.6 Å². The highest BCUT2D eigenvalue weighted by Gasteiger charge is 2.11. The van der Waals surface area contributed by atoms with Gasteiger partial charge in [-0.25, -0.2) is 8.78 Å². The maximum atomic E-state index is 13.5. The summed E-state index contributed by atoms with van der Waals surface area (Å²) in [5, 5.41) is 2.38. The van der Waals surface area contributed by atoms with Gasteiger partial charge in [-0.3, -0.25) is 14.8 Å². The standard InChI is InChI=1S/C17H11F2N3O/c18-12-5-7-14(13(19)9-12)22-17(23)11-4-6-16(21-10-11)15-3-1-2-8-20-15/h1-10H,(H,22,23). The topological polar surface area (TPSA) is 54.9 Å². The lowest BCUT2D eigenvalue weighted by molar-refractivity contribution is 0.102. The van der Waals surface area contributed by atoms with Crippen LogP contribution in [0.25, 0.3) is 11.4 Å². The smallest absolute Gasteiger partial charge is 0.257 e. The van der Waals surface area contributed by atoms with Crippen LogP contribution in [0.5, 0.6) is 0 Å². The fourth-order valence-corrected chi connectivity index (χ4v) is 1.98. The minimum atomic E-state index is -0.837. The largest absolute Gasteiger partial charge is 0.319 e. The second-order valence-corrected chi connectivity index (χ2v) is 4.73. The Morgan fingerprint density at radius 1 is 0.957 bits per heavy atom. The van der Waals surface area contributed by atoms with Crippen molar-refractivity contribution < 1.29 is 13.6 Å². The van der Waals surface area contributed by atoms with Crippen LogP contribution in [-0.4, -0.2) is 15.9 Å². The fraction of sp³-hybridized carbons (Fsp3) is 0. The van der Waals surface area contributed by atoms with Gasteiger partial charge in [-0.2, -0.15) is 0 Å². The minimum Gasteiger partial charge on any atom is -0.319 e. The third-order valence-electron chi connectivity index (χ3n) is 3.13. The van der Waals surface area contributed by atoms with Gasteiger partial charge in [0.05, 0.1) is 22.6 Å². The summed E-state index contributed by atoms with van der Waals surface area (Å²) in [6.45, 7) is 0. The highest BCUT2D eigenvalue weighted by atomic mass is 19.1. The predicted octanol–water partition coefficient (Wildman–Crippen LogP) is 3.67. The van der Waals surface area contributed by atoms with Gasteiger partial charge < -0.3 is 5.32 Å². The third kappa shape index (κ3) is 3.37. The van der Waals surface area contributed by atoms with Gasteiger partial charge >= 0.3 is 0 Å². The molecule has 1 aromatic carbocycles. The maximum absolute atomic E-state index is 13.5. The summed E-state index contributed by atoms with van der Waals surface area (Å²) in [4.78, 5) is 20.4. The van der Waals surface area contributed by atoms with Gasteiger partial charge in [-0.05, 0) is 36.4 Å². The molecule has 0 fully saturated rings. The molecule has 0 bridgehead atoms. The first-order valence-electron chi connectivity index (χ1n) is 6.77. The molecule has 3 rings (SSSR count). The van der Waals surface area contributed by atoms with Crippen LogP contribution in [0.15, 0.2) is 60.9 Å². The minimum absolute atomic E-state index is 0.0924. The van der Waals surface area contributed by atoms with E-state index in [0.717, 1.165) is 12.1 Å². The van der Waals surface area contributed by atoms with Crippen LogP contribution in [0, 0.1) is 11.6 Å². The molecule has 0 atom stereocenters. The summed E-state index contributed by atoms with van der Waals surface area (Å²) in [6.07, 6.45) is 3.02. The molecule has 0 radical (unpaired) electrons. The highest BCUT2D eigenvalue weighted by Crippen LogP contribution is 2.17. The summed E-state index contributed by atoms with van der Waals surface area (Å²) in [5.41, 5.74) is 1.47. The number of carbonyl (C=O) groups is 1. The first-order chi connectivity index (χ1) is 11.1. The Hall–Kier alpha value is -3.15. The second kappa shape index (κ2) is 6.31. The van der Waals surface area contributed by atoms with Crippen molar-refractivity contribution in [3.8, 4) is 11.4 Å². The Kier molecular flexibility index (Phi) is 4.05. The zero-order valence-electron chi connectivity index (χ0n) is 11.8. The van der Waals surface area contributed by atoms with E-state index in [4.69, 9.17) is 0 Å². The first-order valence-corrected chi connectivity index (χ1v) is 6.77. The van der Waals surface area contributed by atoms with E-state index in [1.54, 1.807) is 30.5 Å². The molecule has 0 saturated carbocycles. The number of aromatic nitrogens is 2. The molecule has 0 unspecified atom stereocenters. The molecule has 0 spiro atoms. The van der Waals surface area contributed by atoms with Crippen molar-refractivity contribution in [2.45, 2.75) is 0 Å². The highest BCUT2D eigenvalue weighted by molar-refractivity contribution is 6.04. The maximum Gasteiger partial charge on any atom is 0.257 e. The van der Waals surface area contributed by atoms with Crippen molar-refractivity contribution in [2.24, 2.45) is 0 Å². The number of carbonyl (C=O) groups excluding carboxylic acids is 1. The number of halogens is 2. The van der Waals surface area contributed by atoms with Crippen molar-refractivity contribution >= 4 is 11.6 Å². The van der Waals surface area contributed by atoms with Crippen molar-refractivity contribution in [2.75, 3.05) is 5.32 Å². The summed E-state index contributed by atoms with van der Waals surface area (Å²) in [5.74, 6) is -2.08. The number of amides is 1. The van der Waals surface area contributed by atoms with E-state index in [9.17, 15) is 13.6 Å². The van der Waals surface area contributed by atoms with Crippen LogP contribution < -0.4 is 5.32 Å². The fourth-order valence-electron chi connectivity index (χ4n) is 1.98. The Labute approximate surface area is 130 Å². The molecule has 0 saturated heterocycles. The summed E-state index contributed by atoms with van der Waals surface area (Å²) >= 11 is 0. The zero-order chi connectivity index (χ0) is 16.2. The molecule has 114 valence electrons. The quantitative estimate of drug-likeness (QED) is 0.803. The molecule has 4 nitrogen and oxygen atoms in total. The summed E-state index contributed by atoms with van der Waals surface area (Å²) in [6, 6.07) is 11.6. The molecular formula is C17H11F2N3O. The van der Waals surface area contributed by atoms with Crippen LogP contribution in [0.4, 0.5) is 14.5 Å². The molecule has 0 aliphatic heterocycles. The number of hydrogen-bond acceptors (Lipinski definition) is 3. The van der Waals surface area contributed by atoms with E-state index in [0.29, 0.717) is 17.5 Å². The Morgan fingerprint density at radius 3 is 2.43 bits per heavy atom. The third-order valence-corrected chi connectivity index (χ3v) is 3.13. The first kappa shape index (κ1) is 14.8. The van der Waals surface area contributed by atoms with E-state index < -0.39 is 17.5 Å². The monoisotopic (exact) mass is 311 g/mol. The van der Waals surface area contributed by atoms with E-state index in [2.05, 4.69) is 15.3 Å². The molecule has 2 heterocycles. The van der Waals surface area contributed by atoms with Gasteiger partial charge in [0.15, 0.2) is 0 Å². The number of benzene rings is 1. The number of nitrogens with one attached hydrogen (secondary N) is 1. The SMILES string of the molecule is O=C(Nc1ccc(F)cc1F)c1ccc(-c2ccccn2)nc1. The molecule has 23 heavy (non-hydrogen) atoms. The number of hydrogen-bond donors (Lipinski definition) is 1.